The van der Waals surface area contributed by atoms with Gasteiger partial charge in [-0.3, -0.25) is 9.89 Å². The van der Waals surface area contributed by atoms with Crippen molar-refractivity contribution >= 4 is 29.1 Å². The smallest absolute Gasteiger partial charge is 0.251 e. The molecular weight excluding hydrogens is 367 g/mol. The molecule has 0 saturated heterocycles. The number of carbonyl (C=O) groups is 1. The molecule has 0 radical (unpaired) electrons. The maximum atomic E-state index is 12.5. The summed E-state index contributed by atoms with van der Waals surface area (Å²) < 4.78 is 5.28. The molecule has 130 valence electrons. The molecule has 1 aromatic carbocycles. The van der Waals surface area contributed by atoms with Crippen LogP contribution >= 0.6 is 23.2 Å². The Labute approximate surface area is 152 Å². The van der Waals surface area contributed by atoms with Crippen molar-refractivity contribution in [3.8, 4) is 11.6 Å². The Bertz CT molecular complexity index is 878. The van der Waals surface area contributed by atoms with Crippen LogP contribution in [0, 0.1) is 5.92 Å². The Morgan fingerprint density at radius 2 is 2.08 bits per heavy atom. The summed E-state index contributed by atoms with van der Waals surface area (Å²) in [6, 6.07) is 4.18. The third-order valence-electron chi connectivity index (χ3n) is 3.47. The molecule has 3 rings (SSSR count). The second-order valence-electron chi connectivity index (χ2n) is 5.61. The Hall–Kier alpha value is -2.45. The van der Waals surface area contributed by atoms with Gasteiger partial charge in [0.2, 0.25) is 11.7 Å². The van der Waals surface area contributed by atoms with Crippen LogP contribution in [0.4, 0.5) is 0 Å². The largest absolute Gasteiger partial charge is 0.340 e. The van der Waals surface area contributed by atoms with E-state index >= 15 is 0 Å². The zero-order chi connectivity index (χ0) is 18.0. The standard InChI is InChI=1S/C15H14Cl2N6O2/c1-7(2)11(15-21-13(23-25-15)12-18-6-19-22-12)20-14(24)8-3-4-9(16)10(17)5-8/h3-7,11H,1-2H3,(H,20,24)(H,18,19,22). The van der Waals surface area contributed by atoms with E-state index in [0.717, 1.165) is 0 Å². The number of carbonyl (C=O) groups excluding carboxylic acids is 1. The zero-order valence-electron chi connectivity index (χ0n) is 13.3. The molecule has 25 heavy (non-hydrogen) atoms. The van der Waals surface area contributed by atoms with Gasteiger partial charge in [0.1, 0.15) is 12.4 Å². The van der Waals surface area contributed by atoms with Gasteiger partial charge < -0.3 is 9.84 Å². The van der Waals surface area contributed by atoms with Crippen LogP contribution in [0.2, 0.25) is 10.0 Å². The van der Waals surface area contributed by atoms with E-state index in [9.17, 15) is 4.79 Å². The van der Waals surface area contributed by atoms with Crippen molar-refractivity contribution in [1.29, 1.82) is 0 Å². The molecule has 0 bridgehead atoms. The van der Waals surface area contributed by atoms with Crippen LogP contribution in [0.1, 0.15) is 36.1 Å². The van der Waals surface area contributed by atoms with Gasteiger partial charge in [-0.15, -0.1) is 0 Å². The number of halogens is 2. The molecule has 1 atom stereocenters. The minimum atomic E-state index is -0.480. The number of nitrogens with one attached hydrogen (secondary N) is 2. The highest BCUT2D eigenvalue weighted by molar-refractivity contribution is 6.42. The van der Waals surface area contributed by atoms with Crippen molar-refractivity contribution in [2.24, 2.45) is 5.92 Å². The van der Waals surface area contributed by atoms with E-state index in [1.807, 2.05) is 13.8 Å². The number of hydrogen-bond acceptors (Lipinski definition) is 6. The lowest BCUT2D eigenvalue weighted by Gasteiger charge is -2.18. The highest BCUT2D eigenvalue weighted by atomic mass is 35.5. The lowest BCUT2D eigenvalue weighted by molar-refractivity contribution is 0.0914. The van der Waals surface area contributed by atoms with Crippen molar-refractivity contribution in [1.82, 2.24) is 30.6 Å². The predicted octanol–water partition coefficient (Wildman–Crippen LogP) is 3.29. The first-order valence-corrected chi connectivity index (χ1v) is 8.16. The summed E-state index contributed by atoms with van der Waals surface area (Å²) in [6.07, 6.45) is 1.34. The second-order valence-corrected chi connectivity index (χ2v) is 6.43. The molecule has 0 saturated carbocycles. The van der Waals surface area contributed by atoms with Gasteiger partial charge >= 0.3 is 0 Å². The fourth-order valence-electron chi connectivity index (χ4n) is 2.15. The monoisotopic (exact) mass is 380 g/mol. The average molecular weight is 381 g/mol. The van der Waals surface area contributed by atoms with Gasteiger partial charge in [-0.25, -0.2) is 4.98 Å². The molecule has 8 nitrogen and oxygen atoms in total. The summed E-state index contributed by atoms with van der Waals surface area (Å²) in [7, 11) is 0. The van der Waals surface area contributed by atoms with Crippen LogP contribution in [-0.2, 0) is 0 Å². The summed E-state index contributed by atoms with van der Waals surface area (Å²) >= 11 is 11.8. The maximum Gasteiger partial charge on any atom is 0.251 e. The quantitative estimate of drug-likeness (QED) is 0.702. The Morgan fingerprint density at radius 1 is 1.28 bits per heavy atom. The molecule has 0 spiro atoms. The van der Waals surface area contributed by atoms with Crippen molar-refractivity contribution in [3.05, 3.63) is 46.0 Å². The van der Waals surface area contributed by atoms with Crippen LogP contribution < -0.4 is 5.32 Å². The predicted molar refractivity (Wildman–Crippen MR) is 91.2 cm³/mol. The van der Waals surface area contributed by atoms with E-state index in [4.69, 9.17) is 27.7 Å². The zero-order valence-corrected chi connectivity index (χ0v) is 14.8. The number of amides is 1. The van der Waals surface area contributed by atoms with Crippen molar-refractivity contribution in [2.45, 2.75) is 19.9 Å². The first kappa shape index (κ1) is 17.4. The Kier molecular flexibility index (Phi) is 5.00. The molecule has 0 fully saturated rings. The lowest BCUT2D eigenvalue weighted by atomic mass is 10.0. The summed E-state index contributed by atoms with van der Waals surface area (Å²) in [5, 5.41) is 13.8. The van der Waals surface area contributed by atoms with E-state index in [-0.39, 0.29) is 23.5 Å². The van der Waals surface area contributed by atoms with Crippen LogP contribution in [-0.4, -0.2) is 31.2 Å². The second kappa shape index (κ2) is 7.20. The normalized spacial score (nSPS) is 12.4. The van der Waals surface area contributed by atoms with E-state index in [0.29, 0.717) is 21.4 Å². The van der Waals surface area contributed by atoms with Crippen LogP contribution in [0.25, 0.3) is 11.6 Å². The molecule has 2 aromatic heterocycles. The van der Waals surface area contributed by atoms with E-state index < -0.39 is 6.04 Å². The molecule has 0 aliphatic carbocycles. The first-order valence-electron chi connectivity index (χ1n) is 7.41. The fourth-order valence-corrected chi connectivity index (χ4v) is 2.44. The number of benzene rings is 1. The van der Waals surface area contributed by atoms with E-state index in [2.05, 4.69) is 30.6 Å². The van der Waals surface area contributed by atoms with E-state index in [1.165, 1.54) is 12.4 Å². The fraction of sp³-hybridized carbons (Fsp3) is 0.267. The van der Waals surface area contributed by atoms with Crippen LogP contribution in [0.5, 0.6) is 0 Å². The average Bonchev–Trinajstić information content (AvgIpc) is 3.25. The molecular formula is C15H14Cl2N6O2. The molecule has 2 N–H and O–H groups in total. The number of aromatic amines is 1. The first-order chi connectivity index (χ1) is 12.0. The third kappa shape index (κ3) is 3.80. The van der Waals surface area contributed by atoms with Crippen molar-refractivity contribution in [3.63, 3.8) is 0 Å². The van der Waals surface area contributed by atoms with Gasteiger partial charge in [0.05, 0.1) is 10.0 Å². The molecule has 1 amide bonds. The van der Waals surface area contributed by atoms with Gasteiger partial charge in [-0.05, 0) is 24.1 Å². The van der Waals surface area contributed by atoms with Crippen LogP contribution in [0.15, 0.2) is 29.0 Å². The van der Waals surface area contributed by atoms with Gasteiger partial charge in [0.15, 0.2) is 5.82 Å². The summed E-state index contributed by atoms with van der Waals surface area (Å²) in [5.41, 5.74) is 0.384. The number of hydrogen-bond donors (Lipinski definition) is 2. The van der Waals surface area contributed by atoms with Gasteiger partial charge in [-0.1, -0.05) is 42.2 Å². The minimum absolute atomic E-state index is 0.00903. The summed E-state index contributed by atoms with van der Waals surface area (Å²) in [6.45, 7) is 3.86. The lowest BCUT2D eigenvalue weighted by Crippen LogP contribution is -2.32. The number of rotatable bonds is 5. The summed E-state index contributed by atoms with van der Waals surface area (Å²) in [5.74, 6) is 0.608. The van der Waals surface area contributed by atoms with Gasteiger partial charge in [-0.2, -0.15) is 10.1 Å². The highest BCUT2D eigenvalue weighted by Gasteiger charge is 2.26. The number of aromatic nitrogens is 5. The number of nitrogens with zero attached hydrogens (tertiary/aromatic N) is 4. The summed E-state index contributed by atoms with van der Waals surface area (Å²) in [4.78, 5) is 20.7. The van der Waals surface area contributed by atoms with Gasteiger partial charge in [0, 0.05) is 5.56 Å². The SMILES string of the molecule is CC(C)C(NC(=O)c1ccc(Cl)c(Cl)c1)c1nc(-c2ncn[nH]2)no1. The molecule has 1 unspecified atom stereocenters. The van der Waals surface area contributed by atoms with Gasteiger partial charge in [0.25, 0.3) is 5.91 Å². The van der Waals surface area contributed by atoms with Crippen molar-refractivity contribution in [2.75, 3.05) is 0 Å². The van der Waals surface area contributed by atoms with Crippen LogP contribution in [0.3, 0.4) is 0 Å². The Morgan fingerprint density at radius 3 is 2.72 bits per heavy atom. The third-order valence-corrected chi connectivity index (χ3v) is 4.21. The number of H-pyrrole nitrogens is 1. The maximum absolute atomic E-state index is 12.5. The molecule has 2 heterocycles. The molecule has 0 aliphatic heterocycles. The highest BCUT2D eigenvalue weighted by Crippen LogP contribution is 2.25. The minimum Gasteiger partial charge on any atom is -0.340 e. The van der Waals surface area contributed by atoms with Crippen molar-refractivity contribution < 1.29 is 9.32 Å². The Balaban J connectivity index is 1.82. The molecule has 10 heteroatoms. The molecule has 0 aliphatic rings. The van der Waals surface area contributed by atoms with E-state index in [1.54, 1.807) is 12.1 Å². The topological polar surface area (TPSA) is 110 Å². The molecule has 3 aromatic rings.